The molecule has 0 amide bonds. The number of piperazine rings is 1. The molecule has 4 rings (SSSR count). The van der Waals surface area contributed by atoms with Gasteiger partial charge in [0.05, 0.1) is 17.2 Å². The number of hydrogen-bond donors (Lipinski definition) is 1. The SMILES string of the molecule is CS(=O)(=O)N1CCN(C(c2cc(F)c(F)c(F)c2)c2sc3ncnn3c2O)CC1. The van der Waals surface area contributed by atoms with Crippen LogP contribution in [0.1, 0.15) is 16.5 Å². The normalized spacial score (nSPS) is 17.8. The third kappa shape index (κ3) is 3.58. The lowest BCUT2D eigenvalue weighted by atomic mass is 10.0. The van der Waals surface area contributed by atoms with Crippen molar-refractivity contribution in [3.05, 3.63) is 46.4 Å². The summed E-state index contributed by atoms with van der Waals surface area (Å²) in [7, 11) is -3.38. The van der Waals surface area contributed by atoms with Crippen molar-refractivity contribution in [1.82, 2.24) is 23.8 Å². The van der Waals surface area contributed by atoms with Crippen LogP contribution in [0.15, 0.2) is 18.5 Å². The van der Waals surface area contributed by atoms with E-state index in [1.807, 2.05) is 0 Å². The van der Waals surface area contributed by atoms with Crippen molar-refractivity contribution in [2.75, 3.05) is 32.4 Å². The molecular weight excluding hydrogens is 431 g/mol. The Kier molecular flexibility index (Phi) is 5.01. The molecule has 156 valence electrons. The minimum absolute atomic E-state index is 0.0917. The standard InChI is InChI=1S/C16H16F3N5O3S2/c1-29(26,27)23-4-2-22(3-5-23)13(9-6-10(17)12(19)11(18)7-9)14-15(25)24-16(28-14)20-8-21-24/h6-8,13,25H,2-5H2,1H3. The maximum Gasteiger partial charge on any atom is 0.230 e. The molecule has 8 nitrogen and oxygen atoms in total. The van der Waals surface area contributed by atoms with E-state index in [1.165, 1.54) is 15.1 Å². The van der Waals surface area contributed by atoms with Gasteiger partial charge in [0.1, 0.15) is 6.33 Å². The quantitative estimate of drug-likeness (QED) is 0.611. The van der Waals surface area contributed by atoms with E-state index in [0.717, 1.165) is 29.7 Å². The smallest absolute Gasteiger partial charge is 0.230 e. The van der Waals surface area contributed by atoms with Gasteiger partial charge in [-0.25, -0.2) is 26.6 Å². The fourth-order valence-electron chi connectivity index (χ4n) is 3.43. The molecular formula is C16H16F3N5O3S2. The van der Waals surface area contributed by atoms with Crippen LogP contribution in [0.2, 0.25) is 0 Å². The van der Waals surface area contributed by atoms with Gasteiger partial charge in [-0.3, -0.25) is 4.90 Å². The zero-order valence-corrected chi connectivity index (χ0v) is 16.7. The van der Waals surface area contributed by atoms with Gasteiger partial charge in [-0.1, -0.05) is 11.3 Å². The maximum absolute atomic E-state index is 13.9. The van der Waals surface area contributed by atoms with Crippen LogP contribution in [0.25, 0.3) is 4.96 Å². The fourth-order valence-corrected chi connectivity index (χ4v) is 5.34. The summed E-state index contributed by atoms with van der Waals surface area (Å²) in [5.74, 6) is -4.53. The third-order valence-corrected chi connectivity index (χ3v) is 7.21. The maximum atomic E-state index is 13.9. The molecule has 3 aromatic rings. The summed E-state index contributed by atoms with van der Waals surface area (Å²) in [5, 5.41) is 14.5. The summed E-state index contributed by atoms with van der Waals surface area (Å²) in [6, 6.07) is 0.915. The average molecular weight is 447 g/mol. The van der Waals surface area contributed by atoms with Gasteiger partial charge < -0.3 is 5.11 Å². The topological polar surface area (TPSA) is 91.0 Å². The van der Waals surface area contributed by atoms with E-state index in [2.05, 4.69) is 10.1 Å². The van der Waals surface area contributed by atoms with Crippen molar-refractivity contribution in [3.8, 4) is 5.88 Å². The predicted octanol–water partition coefficient (Wildman–Crippen LogP) is 1.58. The lowest BCUT2D eigenvalue weighted by Gasteiger charge is -2.38. The average Bonchev–Trinajstić information content (AvgIpc) is 3.23. The Morgan fingerprint density at radius 3 is 2.31 bits per heavy atom. The Balaban J connectivity index is 1.78. The van der Waals surface area contributed by atoms with Crippen molar-refractivity contribution in [2.45, 2.75) is 6.04 Å². The molecule has 13 heteroatoms. The number of halogens is 3. The summed E-state index contributed by atoms with van der Waals surface area (Å²) in [5.41, 5.74) is 0.0917. The fraction of sp³-hybridized carbons (Fsp3) is 0.375. The van der Waals surface area contributed by atoms with Crippen LogP contribution in [0, 0.1) is 17.5 Å². The summed E-state index contributed by atoms with van der Waals surface area (Å²) in [6.07, 6.45) is 2.36. The Morgan fingerprint density at radius 2 is 1.76 bits per heavy atom. The van der Waals surface area contributed by atoms with E-state index in [-0.39, 0.29) is 37.6 Å². The van der Waals surface area contributed by atoms with Crippen LogP contribution in [0.3, 0.4) is 0 Å². The van der Waals surface area contributed by atoms with Gasteiger partial charge in [0.2, 0.25) is 20.9 Å². The number of sulfonamides is 1. The van der Waals surface area contributed by atoms with Crippen LogP contribution in [-0.4, -0.2) is 69.8 Å². The van der Waals surface area contributed by atoms with Crippen LogP contribution in [-0.2, 0) is 10.0 Å². The summed E-state index contributed by atoms with van der Waals surface area (Å²) in [6.45, 7) is 0.822. The molecule has 1 aromatic carbocycles. The lowest BCUT2D eigenvalue weighted by molar-refractivity contribution is 0.155. The van der Waals surface area contributed by atoms with E-state index in [0.29, 0.717) is 9.84 Å². The highest BCUT2D eigenvalue weighted by Crippen LogP contribution is 2.40. The van der Waals surface area contributed by atoms with Gasteiger partial charge in [0.15, 0.2) is 17.5 Å². The van der Waals surface area contributed by atoms with Crippen LogP contribution in [0.5, 0.6) is 5.88 Å². The van der Waals surface area contributed by atoms with E-state index >= 15 is 0 Å². The lowest BCUT2D eigenvalue weighted by Crippen LogP contribution is -2.49. The second kappa shape index (κ2) is 7.23. The molecule has 1 unspecified atom stereocenters. The monoisotopic (exact) mass is 447 g/mol. The van der Waals surface area contributed by atoms with Gasteiger partial charge in [0.25, 0.3) is 0 Å². The van der Waals surface area contributed by atoms with Gasteiger partial charge in [-0.2, -0.15) is 13.9 Å². The van der Waals surface area contributed by atoms with E-state index in [9.17, 15) is 26.7 Å². The van der Waals surface area contributed by atoms with Crippen molar-refractivity contribution in [3.63, 3.8) is 0 Å². The van der Waals surface area contributed by atoms with Crippen molar-refractivity contribution in [1.29, 1.82) is 0 Å². The van der Waals surface area contributed by atoms with E-state index in [1.54, 1.807) is 4.90 Å². The van der Waals surface area contributed by atoms with Crippen molar-refractivity contribution >= 4 is 26.3 Å². The number of fused-ring (bicyclic) bond motifs is 1. The first-order valence-electron chi connectivity index (χ1n) is 8.52. The number of thiazole rings is 1. The molecule has 1 fully saturated rings. The molecule has 0 radical (unpaired) electrons. The second-order valence-corrected chi connectivity index (χ2v) is 9.63. The molecule has 3 heterocycles. The van der Waals surface area contributed by atoms with Crippen LogP contribution < -0.4 is 0 Å². The van der Waals surface area contributed by atoms with Gasteiger partial charge in [-0.15, -0.1) is 0 Å². The Labute approximate surface area is 167 Å². The number of benzene rings is 1. The van der Waals surface area contributed by atoms with Crippen LogP contribution in [0.4, 0.5) is 13.2 Å². The first kappa shape index (κ1) is 20.1. The first-order chi connectivity index (χ1) is 13.7. The molecule has 1 atom stereocenters. The van der Waals surface area contributed by atoms with E-state index in [4.69, 9.17) is 0 Å². The number of nitrogens with zero attached hydrogens (tertiary/aromatic N) is 5. The second-order valence-electron chi connectivity index (χ2n) is 6.64. The molecule has 0 spiro atoms. The Hall–Kier alpha value is -2.22. The predicted molar refractivity (Wildman–Crippen MR) is 98.7 cm³/mol. The molecule has 1 saturated heterocycles. The van der Waals surface area contributed by atoms with Gasteiger partial charge >= 0.3 is 0 Å². The highest BCUT2D eigenvalue weighted by Gasteiger charge is 2.34. The zero-order chi connectivity index (χ0) is 20.9. The molecule has 29 heavy (non-hydrogen) atoms. The number of rotatable bonds is 4. The number of aromatic nitrogens is 3. The Bertz CT molecular complexity index is 1150. The van der Waals surface area contributed by atoms with Gasteiger partial charge in [0, 0.05) is 26.2 Å². The number of aromatic hydroxyl groups is 1. The zero-order valence-electron chi connectivity index (χ0n) is 15.1. The molecule has 0 saturated carbocycles. The van der Waals surface area contributed by atoms with Gasteiger partial charge in [-0.05, 0) is 17.7 Å². The summed E-state index contributed by atoms with van der Waals surface area (Å²) >= 11 is 1.08. The van der Waals surface area contributed by atoms with E-state index < -0.39 is 33.5 Å². The third-order valence-electron chi connectivity index (χ3n) is 4.82. The molecule has 0 bridgehead atoms. The molecule has 2 aromatic heterocycles. The minimum Gasteiger partial charge on any atom is -0.492 e. The number of hydrogen-bond acceptors (Lipinski definition) is 7. The van der Waals surface area contributed by atoms with Crippen molar-refractivity contribution in [2.24, 2.45) is 0 Å². The molecule has 1 N–H and O–H groups in total. The van der Waals surface area contributed by atoms with Crippen molar-refractivity contribution < 1.29 is 26.7 Å². The Morgan fingerprint density at radius 1 is 1.14 bits per heavy atom. The molecule has 1 aliphatic rings. The first-order valence-corrected chi connectivity index (χ1v) is 11.2. The highest BCUT2D eigenvalue weighted by molar-refractivity contribution is 7.88. The summed E-state index contributed by atoms with van der Waals surface area (Å²) < 4.78 is 67.4. The molecule has 0 aliphatic carbocycles. The summed E-state index contributed by atoms with van der Waals surface area (Å²) in [4.78, 5) is 6.48. The minimum atomic E-state index is -3.38. The van der Waals surface area contributed by atoms with Crippen LogP contribution >= 0.6 is 11.3 Å². The largest absolute Gasteiger partial charge is 0.492 e. The molecule has 1 aliphatic heterocycles. The highest BCUT2D eigenvalue weighted by atomic mass is 32.2.